The summed E-state index contributed by atoms with van der Waals surface area (Å²) in [6, 6.07) is 4.80. The molecule has 2 aromatic rings. The SMILES string of the molecule is CC1(C)C(N)=N[C@](C)(c2sc(C(=O)NCc3cc(Cl)ccn3)cc2Cl)CS1(=O)=O. The lowest BCUT2D eigenvalue weighted by Crippen LogP contribution is -2.54. The second kappa shape index (κ2) is 7.54. The minimum atomic E-state index is -3.57. The van der Waals surface area contributed by atoms with E-state index < -0.39 is 20.1 Å². The van der Waals surface area contributed by atoms with Gasteiger partial charge in [-0.25, -0.2) is 8.42 Å². The first-order chi connectivity index (χ1) is 13.4. The Labute approximate surface area is 183 Å². The molecular formula is C18H20Cl2N4O3S2. The van der Waals surface area contributed by atoms with Gasteiger partial charge in [0.25, 0.3) is 5.91 Å². The minimum absolute atomic E-state index is 0.0220. The van der Waals surface area contributed by atoms with Gasteiger partial charge in [-0.3, -0.25) is 14.8 Å². The highest BCUT2D eigenvalue weighted by atomic mass is 35.5. The van der Waals surface area contributed by atoms with Crippen LogP contribution in [-0.2, 0) is 21.9 Å². The predicted octanol–water partition coefficient (Wildman–Crippen LogP) is 3.16. The number of nitrogens with zero attached hydrogens (tertiary/aromatic N) is 2. The van der Waals surface area contributed by atoms with Gasteiger partial charge in [-0.1, -0.05) is 23.2 Å². The summed E-state index contributed by atoms with van der Waals surface area (Å²) >= 11 is 13.4. The Morgan fingerprint density at radius 2 is 2.00 bits per heavy atom. The van der Waals surface area contributed by atoms with E-state index in [-0.39, 0.29) is 29.1 Å². The molecule has 7 nitrogen and oxygen atoms in total. The molecule has 1 amide bonds. The lowest BCUT2D eigenvalue weighted by Gasteiger charge is -2.37. The van der Waals surface area contributed by atoms with E-state index >= 15 is 0 Å². The number of thiophene rings is 1. The number of hydrogen-bond donors (Lipinski definition) is 2. The number of carbonyl (C=O) groups is 1. The molecule has 0 spiro atoms. The highest BCUT2D eigenvalue weighted by Crippen LogP contribution is 2.43. The van der Waals surface area contributed by atoms with Gasteiger partial charge >= 0.3 is 0 Å². The van der Waals surface area contributed by atoms with Crippen LogP contribution in [0.25, 0.3) is 0 Å². The molecule has 0 radical (unpaired) electrons. The first kappa shape index (κ1) is 22.0. The summed E-state index contributed by atoms with van der Waals surface area (Å²) in [4.78, 5) is 22.0. The predicted molar refractivity (Wildman–Crippen MR) is 117 cm³/mol. The fraction of sp³-hybridized carbons (Fsp3) is 0.389. The van der Waals surface area contributed by atoms with Gasteiger partial charge in [0.1, 0.15) is 16.1 Å². The zero-order chi connectivity index (χ0) is 21.6. The minimum Gasteiger partial charge on any atom is -0.386 e. The van der Waals surface area contributed by atoms with Crippen molar-refractivity contribution in [1.82, 2.24) is 10.3 Å². The van der Waals surface area contributed by atoms with Crippen LogP contribution >= 0.6 is 34.5 Å². The number of aliphatic imine (C=N–C) groups is 1. The highest BCUT2D eigenvalue weighted by Gasteiger charge is 2.50. The maximum Gasteiger partial charge on any atom is 0.261 e. The second-order valence-corrected chi connectivity index (χ2v) is 11.9. The molecule has 0 bridgehead atoms. The van der Waals surface area contributed by atoms with E-state index in [2.05, 4.69) is 15.3 Å². The van der Waals surface area contributed by atoms with Crippen molar-refractivity contribution in [3.63, 3.8) is 0 Å². The van der Waals surface area contributed by atoms with Crippen LogP contribution in [0, 0.1) is 0 Å². The molecule has 2 aromatic heterocycles. The molecule has 3 N–H and O–H groups in total. The molecule has 11 heteroatoms. The quantitative estimate of drug-likeness (QED) is 0.705. The summed E-state index contributed by atoms with van der Waals surface area (Å²) in [5.41, 5.74) is 5.43. The maximum absolute atomic E-state index is 12.7. The van der Waals surface area contributed by atoms with Crippen LogP contribution < -0.4 is 11.1 Å². The topological polar surface area (TPSA) is 115 Å². The second-order valence-electron chi connectivity index (χ2n) is 7.48. The molecule has 156 valence electrons. The standard InChI is InChI=1S/C18H20Cl2N4O3S2/c1-17(2)16(21)24-18(3,9-29(17,26)27)14-12(20)7-13(28-14)15(25)23-8-11-6-10(19)4-5-22-11/h4-7H,8-9H2,1-3H3,(H2,21,24)(H,23,25)/t18-/m0/s1. The van der Waals surface area contributed by atoms with Crippen LogP contribution in [0.2, 0.25) is 10.0 Å². The van der Waals surface area contributed by atoms with Crippen molar-refractivity contribution in [2.75, 3.05) is 5.75 Å². The van der Waals surface area contributed by atoms with Crippen LogP contribution in [0.3, 0.4) is 0 Å². The average Bonchev–Trinajstić information content (AvgIpc) is 3.00. The number of sulfone groups is 1. The van der Waals surface area contributed by atoms with Crippen molar-refractivity contribution >= 4 is 56.1 Å². The Balaban J connectivity index is 1.86. The number of aromatic nitrogens is 1. The number of hydrogen-bond acceptors (Lipinski definition) is 7. The number of halogens is 2. The third-order valence-electron chi connectivity index (χ3n) is 4.84. The van der Waals surface area contributed by atoms with Gasteiger partial charge in [-0.05, 0) is 39.0 Å². The zero-order valence-corrected chi connectivity index (χ0v) is 19.1. The van der Waals surface area contributed by atoms with E-state index in [1.807, 2.05) is 0 Å². The van der Waals surface area contributed by atoms with Gasteiger partial charge in [0.2, 0.25) is 0 Å². The molecule has 1 atom stereocenters. The molecule has 3 rings (SSSR count). The van der Waals surface area contributed by atoms with Gasteiger partial charge in [0, 0.05) is 11.2 Å². The summed E-state index contributed by atoms with van der Waals surface area (Å²) in [6.07, 6.45) is 1.55. The Bertz CT molecular complexity index is 1110. The summed E-state index contributed by atoms with van der Waals surface area (Å²) in [5, 5.41) is 3.55. The van der Waals surface area contributed by atoms with Crippen LogP contribution in [0.5, 0.6) is 0 Å². The van der Waals surface area contributed by atoms with E-state index in [1.165, 1.54) is 19.9 Å². The summed E-state index contributed by atoms with van der Waals surface area (Å²) < 4.78 is 24.2. The molecule has 0 fully saturated rings. The lowest BCUT2D eigenvalue weighted by molar-refractivity contribution is 0.0954. The molecule has 1 aliphatic heterocycles. The Morgan fingerprint density at radius 1 is 1.31 bits per heavy atom. The highest BCUT2D eigenvalue weighted by molar-refractivity contribution is 7.93. The fourth-order valence-corrected chi connectivity index (χ4v) is 6.41. The Hall–Kier alpha value is -1.68. The molecule has 0 aromatic carbocycles. The van der Waals surface area contributed by atoms with Gasteiger partial charge in [-0.15, -0.1) is 11.3 Å². The van der Waals surface area contributed by atoms with E-state index in [4.69, 9.17) is 28.9 Å². The van der Waals surface area contributed by atoms with E-state index in [0.29, 0.717) is 20.5 Å². The van der Waals surface area contributed by atoms with Crippen molar-refractivity contribution in [2.45, 2.75) is 37.6 Å². The van der Waals surface area contributed by atoms with Crippen molar-refractivity contribution in [3.05, 3.63) is 49.9 Å². The first-order valence-corrected chi connectivity index (χ1v) is 11.8. The number of nitrogens with two attached hydrogens (primary N) is 1. The number of nitrogens with one attached hydrogen (secondary N) is 1. The molecule has 1 aliphatic rings. The zero-order valence-electron chi connectivity index (χ0n) is 16.0. The van der Waals surface area contributed by atoms with Crippen molar-refractivity contribution in [1.29, 1.82) is 0 Å². The molecular weight excluding hydrogens is 455 g/mol. The lowest BCUT2D eigenvalue weighted by atomic mass is 10.0. The molecule has 0 unspecified atom stereocenters. The van der Waals surface area contributed by atoms with Gasteiger partial charge < -0.3 is 11.1 Å². The Kier molecular flexibility index (Phi) is 5.72. The number of rotatable bonds is 4. The van der Waals surface area contributed by atoms with Crippen LogP contribution in [0.1, 0.15) is 41.0 Å². The molecule has 3 heterocycles. The van der Waals surface area contributed by atoms with Crippen LogP contribution in [-0.4, -0.2) is 35.6 Å². The van der Waals surface area contributed by atoms with Crippen molar-refractivity contribution < 1.29 is 13.2 Å². The number of pyridine rings is 1. The van der Waals surface area contributed by atoms with E-state index in [0.717, 1.165) is 11.3 Å². The summed E-state index contributed by atoms with van der Waals surface area (Å²) in [7, 11) is -3.57. The van der Waals surface area contributed by atoms with E-state index in [1.54, 1.807) is 25.3 Å². The van der Waals surface area contributed by atoms with Gasteiger partial charge in [-0.2, -0.15) is 0 Å². The first-order valence-electron chi connectivity index (χ1n) is 8.62. The van der Waals surface area contributed by atoms with E-state index in [9.17, 15) is 13.2 Å². The number of carbonyl (C=O) groups excluding carboxylic acids is 1. The fourth-order valence-electron chi connectivity index (χ4n) is 2.91. The maximum atomic E-state index is 12.7. The van der Waals surface area contributed by atoms with Crippen LogP contribution in [0.15, 0.2) is 29.4 Å². The van der Waals surface area contributed by atoms with Crippen LogP contribution in [0.4, 0.5) is 0 Å². The summed E-state index contributed by atoms with van der Waals surface area (Å²) in [6.45, 7) is 4.90. The smallest absolute Gasteiger partial charge is 0.261 e. The monoisotopic (exact) mass is 474 g/mol. The third kappa shape index (κ3) is 4.14. The largest absolute Gasteiger partial charge is 0.386 e. The molecule has 0 aliphatic carbocycles. The van der Waals surface area contributed by atoms with Gasteiger partial charge in [0.15, 0.2) is 9.84 Å². The normalized spacial score (nSPS) is 22.7. The summed E-state index contributed by atoms with van der Waals surface area (Å²) in [5.74, 6) is -0.584. The molecule has 0 saturated heterocycles. The Morgan fingerprint density at radius 3 is 2.62 bits per heavy atom. The number of amidine groups is 1. The van der Waals surface area contributed by atoms with Crippen molar-refractivity contribution in [3.8, 4) is 0 Å². The third-order valence-corrected chi connectivity index (χ3v) is 9.58. The van der Waals surface area contributed by atoms with Crippen molar-refractivity contribution in [2.24, 2.45) is 10.7 Å². The average molecular weight is 475 g/mol. The van der Waals surface area contributed by atoms with Gasteiger partial charge in [0.05, 0.1) is 32.8 Å². The molecule has 29 heavy (non-hydrogen) atoms. The number of amides is 1. The molecule has 0 saturated carbocycles.